The number of methoxy groups -OCH3 is 1. The summed E-state index contributed by atoms with van der Waals surface area (Å²) in [6, 6.07) is 2.16. The summed E-state index contributed by atoms with van der Waals surface area (Å²) in [7, 11) is 3.12. The smallest absolute Gasteiger partial charge is 0.319 e. The van der Waals surface area contributed by atoms with E-state index in [4.69, 9.17) is 4.74 Å². The molecule has 0 unspecified atom stereocenters. The minimum Gasteiger partial charge on any atom is -0.481 e. The molecule has 1 aromatic heterocycles. The van der Waals surface area contributed by atoms with Crippen molar-refractivity contribution in [2.24, 2.45) is 0 Å². The van der Waals surface area contributed by atoms with E-state index < -0.39 is 12.1 Å². The van der Waals surface area contributed by atoms with Gasteiger partial charge in [0.1, 0.15) is 6.04 Å². The first-order chi connectivity index (χ1) is 11.5. The van der Waals surface area contributed by atoms with Crippen LogP contribution >= 0.6 is 0 Å². The lowest BCUT2D eigenvalue weighted by molar-refractivity contribution is -0.152. The SMILES string of the molecule is COc1ccc(NC(=O)N[C@H]2C[C@H]3C(=O)N(C)CC(=O)N3C2)cn1. The van der Waals surface area contributed by atoms with Crippen LogP contribution in [0.25, 0.3) is 0 Å². The Bertz CT molecular complexity index is 662. The zero-order valence-corrected chi connectivity index (χ0v) is 13.5. The molecular formula is C15H19N5O4. The lowest BCUT2D eigenvalue weighted by atomic mass is 10.1. The van der Waals surface area contributed by atoms with Gasteiger partial charge in [-0.2, -0.15) is 0 Å². The van der Waals surface area contributed by atoms with Crippen molar-refractivity contribution in [2.45, 2.75) is 18.5 Å². The summed E-state index contributed by atoms with van der Waals surface area (Å²) in [6.45, 7) is 0.434. The lowest BCUT2D eigenvalue weighted by Gasteiger charge is -2.33. The fourth-order valence-corrected chi connectivity index (χ4v) is 3.00. The summed E-state index contributed by atoms with van der Waals surface area (Å²) in [5.74, 6) is 0.277. The highest BCUT2D eigenvalue weighted by Crippen LogP contribution is 2.23. The highest BCUT2D eigenvalue weighted by atomic mass is 16.5. The second kappa shape index (κ2) is 6.34. The van der Waals surface area contributed by atoms with E-state index in [0.29, 0.717) is 24.5 Å². The quantitative estimate of drug-likeness (QED) is 0.787. The number of rotatable bonds is 3. The molecule has 128 valence electrons. The molecule has 0 spiro atoms. The van der Waals surface area contributed by atoms with Gasteiger partial charge >= 0.3 is 6.03 Å². The molecule has 2 fully saturated rings. The number of nitrogens with one attached hydrogen (secondary N) is 2. The molecule has 2 atom stereocenters. The monoisotopic (exact) mass is 333 g/mol. The van der Waals surface area contributed by atoms with Crippen LogP contribution in [0.3, 0.4) is 0 Å². The Balaban J connectivity index is 1.57. The Morgan fingerprint density at radius 3 is 2.83 bits per heavy atom. The molecule has 1 aromatic rings. The number of hydrogen-bond donors (Lipinski definition) is 2. The third-order valence-corrected chi connectivity index (χ3v) is 4.19. The van der Waals surface area contributed by atoms with Crippen LogP contribution < -0.4 is 15.4 Å². The molecule has 2 N–H and O–H groups in total. The predicted octanol–water partition coefficient (Wildman–Crippen LogP) is -0.347. The van der Waals surface area contributed by atoms with Crippen molar-refractivity contribution in [1.82, 2.24) is 20.1 Å². The number of urea groups is 1. The maximum atomic E-state index is 12.1. The summed E-state index contributed by atoms with van der Waals surface area (Å²) >= 11 is 0. The van der Waals surface area contributed by atoms with E-state index in [-0.39, 0.29) is 24.4 Å². The van der Waals surface area contributed by atoms with Crippen molar-refractivity contribution < 1.29 is 19.1 Å². The number of carbonyl (C=O) groups excluding carboxylic acids is 3. The molecule has 0 aromatic carbocycles. The van der Waals surface area contributed by atoms with Gasteiger partial charge in [-0.25, -0.2) is 9.78 Å². The number of nitrogens with zero attached hydrogens (tertiary/aromatic N) is 3. The first-order valence-electron chi connectivity index (χ1n) is 7.60. The molecule has 0 bridgehead atoms. The number of anilines is 1. The maximum Gasteiger partial charge on any atom is 0.319 e. The zero-order valence-electron chi connectivity index (χ0n) is 13.5. The topological polar surface area (TPSA) is 104 Å². The van der Waals surface area contributed by atoms with E-state index in [1.807, 2.05) is 0 Å². The van der Waals surface area contributed by atoms with Gasteiger partial charge in [0.15, 0.2) is 0 Å². The number of carbonyl (C=O) groups is 3. The van der Waals surface area contributed by atoms with Crippen molar-refractivity contribution >= 4 is 23.5 Å². The van der Waals surface area contributed by atoms with Crippen LogP contribution in [0.5, 0.6) is 5.88 Å². The molecule has 0 saturated carbocycles. The van der Waals surface area contributed by atoms with Gasteiger partial charge in [-0.05, 0) is 12.5 Å². The van der Waals surface area contributed by atoms with Crippen LogP contribution in [-0.4, -0.2) is 72.0 Å². The van der Waals surface area contributed by atoms with Crippen LogP contribution in [0, 0.1) is 0 Å². The Hall–Kier alpha value is -2.84. The fourth-order valence-electron chi connectivity index (χ4n) is 3.00. The van der Waals surface area contributed by atoms with E-state index in [2.05, 4.69) is 15.6 Å². The molecule has 0 aliphatic carbocycles. The first kappa shape index (κ1) is 16.0. The van der Waals surface area contributed by atoms with Crippen LogP contribution in [-0.2, 0) is 9.59 Å². The average Bonchev–Trinajstić information content (AvgIpc) is 2.98. The van der Waals surface area contributed by atoms with Crippen molar-refractivity contribution in [2.75, 3.05) is 32.6 Å². The van der Waals surface area contributed by atoms with Crippen molar-refractivity contribution in [3.05, 3.63) is 18.3 Å². The highest BCUT2D eigenvalue weighted by molar-refractivity contribution is 5.95. The van der Waals surface area contributed by atoms with Gasteiger partial charge < -0.3 is 25.2 Å². The second-order valence-corrected chi connectivity index (χ2v) is 5.88. The van der Waals surface area contributed by atoms with Gasteiger partial charge in [0.25, 0.3) is 0 Å². The van der Waals surface area contributed by atoms with Gasteiger partial charge in [0.2, 0.25) is 17.7 Å². The van der Waals surface area contributed by atoms with Crippen molar-refractivity contribution in [1.29, 1.82) is 0 Å². The molecule has 2 aliphatic heterocycles. The van der Waals surface area contributed by atoms with Gasteiger partial charge in [0, 0.05) is 19.7 Å². The molecule has 24 heavy (non-hydrogen) atoms. The third-order valence-electron chi connectivity index (χ3n) is 4.19. The zero-order chi connectivity index (χ0) is 17.3. The van der Waals surface area contributed by atoms with Crippen molar-refractivity contribution in [3.8, 4) is 5.88 Å². The molecule has 9 nitrogen and oxygen atoms in total. The number of likely N-dealkylation sites (N-methyl/N-ethyl adjacent to an activating group) is 1. The standard InChI is InChI=1S/C15H19N5O4/c1-19-8-13(21)20-7-10(5-11(20)14(19)22)18-15(23)17-9-3-4-12(24-2)16-6-9/h3-4,6,10-11H,5,7-8H2,1-2H3,(H2,17,18,23)/t10-,11-/m0/s1. The molecule has 3 rings (SSSR count). The lowest BCUT2D eigenvalue weighted by Crippen LogP contribution is -2.55. The Kier molecular flexibility index (Phi) is 4.24. The number of aromatic nitrogens is 1. The summed E-state index contributed by atoms with van der Waals surface area (Å²) in [6.07, 6.45) is 1.90. The Labute approximate surface area is 139 Å². The minimum atomic E-state index is -0.482. The highest BCUT2D eigenvalue weighted by Gasteiger charge is 2.44. The van der Waals surface area contributed by atoms with E-state index in [0.717, 1.165) is 0 Å². The number of amides is 4. The minimum absolute atomic E-state index is 0.0846. The molecule has 9 heteroatoms. The first-order valence-corrected chi connectivity index (χ1v) is 7.60. The van der Waals surface area contributed by atoms with Gasteiger partial charge in [0.05, 0.1) is 31.6 Å². The summed E-state index contributed by atoms with van der Waals surface area (Å²) in [5, 5.41) is 5.46. The predicted molar refractivity (Wildman–Crippen MR) is 84.5 cm³/mol. The molecule has 2 aliphatic rings. The van der Waals surface area contributed by atoms with Crippen LogP contribution in [0.4, 0.5) is 10.5 Å². The molecule has 3 heterocycles. The largest absolute Gasteiger partial charge is 0.481 e. The van der Waals surface area contributed by atoms with Crippen LogP contribution in [0.2, 0.25) is 0 Å². The van der Waals surface area contributed by atoms with Crippen molar-refractivity contribution in [3.63, 3.8) is 0 Å². The van der Waals surface area contributed by atoms with Gasteiger partial charge in [-0.15, -0.1) is 0 Å². The fraction of sp³-hybridized carbons (Fsp3) is 0.467. The van der Waals surface area contributed by atoms with E-state index in [1.165, 1.54) is 18.2 Å². The maximum absolute atomic E-state index is 12.1. The summed E-state index contributed by atoms with van der Waals surface area (Å²) < 4.78 is 4.95. The van der Waals surface area contributed by atoms with Crippen LogP contribution in [0.15, 0.2) is 18.3 Å². The molecular weight excluding hydrogens is 314 g/mol. The summed E-state index contributed by atoms with van der Waals surface area (Å²) in [5.41, 5.74) is 0.524. The average molecular weight is 333 g/mol. The Morgan fingerprint density at radius 1 is 1.38 bits per heavy atom. The number of fused-ring (bicyclic) bond motifs is 1. The second-order valence-electron chi connectivity index (χ2n) is 5.88. The molecule has 0 radical (unpaired) electrons. The number of piperazine rings is 1. The van der Waals surface area contributed by atoms with Gasteiger partial charge in [-0.1, -0.05) is 0 Å². The molecule has 4 amide bonds. The number of ether oxygens (including phenoxy) is 1. The summed E-state index contributed by atoms with van der Waals surface area (Å²) in [4.78, 5) is 43.2. The van der Waals surface area contributed by atoms with E-state index in [9.17, 15) is 14.4 Å². The van der Waals surface area contributed by atoms with Gasteiger partial charge in [-0.3, -0.25) is 9.59 Å². The Morgan fingerprint density at radius 2 is 2.17 bits per heavy atom. The van der Waals surface area contributed by atoms with E-state index >= 15 is 0 Å². The van der Waals surface area contributed by atoms with Crippen LogP contribution in [0.1, 0.15) is 6.42 Å². The number of pyridine rings is 1. The third kappa shape index (κ3) is 3.10. The normalized spacial score (nSPS) is 23.1. The number of hydrogen-bond acceptors (Lipinski definition) is 5. The molecule has 2 saturated heterocycles. The van der Waals surface area contributed by atoms with E-state index in [1.54, 1.807) is 24.1 Å².